The lowest BCUT2D eigenvalue weighted by atomic mass is 9.87. The van der Waals surface area contributed by atoms with Crippen LogP contribution in [0.2, 0.25) is 0 Å². The zero-order chi connectivity index (χ0) is 13.8. The van der Waals surface area contributed by atoms with E-state index in [2.05, 4.69) is 27.8 Å². The van der Waals surface area contributed by atoms with Gasteiger partial charge in [-0.15, -0.1) is 22.7 Å². The van der Waals surface area contributed by atoms with Crippen LogP contribution >= 0.6 is 22.7 Å². The van der Waals surface area contributed by atoms with E-state index in [0.717, 1.165) is 37.4 Å². The van der Waals surface area contributed by atoms with E-state index in [0.29, 0.717) is 5.92 Å². The molecule has 2 aromatic heterocycles. The van der Waals surface area contributed by atoms with Crippen LogP contribution in [-0.4, -0.2) is 22.7 Å². The van der Waals surface area contributed by atoms with Gasteiger partial charge in [-0.1, -0.05) is 12.5 Å². The van der Waals surface area contributed by atoms with E-state index in [4.69, 9.17) is 0 Å². The van der Waals surface area contributed by atoms with Gasteiger partial charge in [0.25, 0.3) is 0 Å². The Morgan fingerprint density at radius 1 is 1.40 bits per heavy atom. The van der Waals surface area contributed by atoms with Crippen LogP contribution in [0.5, 0.6) is 0 Å². The molecule has 20 heavy (non-hydrogen) atoms. The van der Waals surface area contributed by atoms with Gasteiger partial charge in [0, 0.05) is 17.6 Å². The molecule has 0 aromatic carbocycles. The molecule has 2 N–H and O–H groups in total. The van der Waals surface area contributed by atoms with E-state index in [1.165, 1.54) is 16.2 Å². The third-order valence-electron chi connectivity index (χ3n) is 3.77. The maximum Gasteiger partial charge on any atom is 0.133 e. The molecule has 5 heteroatoms. The molecule has 1 aliphatic carbocycles. The molecule has 0 aliphatic heterocycles. The molecule has 1 saturated carbocycles. The summed E-state index contributed by atoms with van der Waals surface area (Å²) in [6.07, 6.45) is 6.24. The van der Waals surface area contributed by atoms with Gasteiger partial charge in [0.2, 0.25) is 0 Å². The Balaban J connectivity index is 1.47. The highest BCUT2D eigenvalue weighted by atomic mass is 32.1. The molecule has 1 aliphatic rings. The molecule has 2 unspecified atom stereocenters. The topological polar surface area (TPSA) is 45.1 Å². The summed E-state index contributed by atoms with van der Waals surface area (Å²) in [5.41, 5.74) is 0. The maximum absolute atomic E-state index is 9.67. The highest BCUT2D eigenvalue weighted by Gasteiger charge is 2.19. The van der Waals surface area contributed by atoms with Gasteiger partial charge in [-0.25, -0.2) is 4.98 Å². The lowest BCUT2D eigenvalue weighted by Crippen LogP contribution is -2.28. The average Bonchev–Trinajstić information content (AvgIpc) is 3.09. The van der Waals surface area contributed by atoms with Crippen molar-refractivity contribution in [2.45, 2.75) is 38.3 Å². The van der Waals surface area contributed by atoms with Gasteiger partial charge in [-0.2, -0.15) is 0 Å². The second-order valence-corrected chi connectivity index (χ2v) is 7.49. The van der Waals surface area contributed by atoms with Crippen LogP contribution in [0.25, 0.3) is 9.88 Å². The van der Waals surface area contributed by atoms with Crippen molar-refractivity contribution < 1.29 is 5.11 Å². The van der Waals surface area contributed by atoms with Gasteiger partial charge in [0.1, 0.15) is 5.01 Å². The van der Waals surface area contributed by atoms with Crippen molar-refractivity contribution in [3.8, 4) is 9.88 Å². The van der Waals surface area contributed by atoms with E-state index in [-0.39, 0.29) is 6.10 Å². The Bertz CT molecular complexity index is 524. The zero-order valence-electron chi connectivity index (χ0n) is 11.4. The SMILES string of the molecule is OC1CCCC(CNCc2cnc(-c3cccs3)s2)C1. The van der Waals surface area contributed by atoms with Crippen molar-refractivity contribution in [2.75, 3.05) is 6.54 Å². The Kier molecular flexibility index (Phi) is 4.83. The molecule has 2 aromatic rings. The zero-order valence-corrected chi connectivity index (χ0v) is 13.1. The van der Waals surface area contributed by atoms with E-state index in [9.17, 15) is 5.11 Å². The first-order valence-corrected chi connectivity index (χ1v) is 8.88. The van der Waals surface area contributed by atoms with Crippen LogP contribution < -0.4 is 5.32 Å². The summed E-state index contributed by atoms with van der Waals surface area (Å²) in [5.74, 6) is 0.628. The molecule has 2 atom stereocenters. The number of aliphatic hydroxyl groups is 1. The van der Waals surface area contributed by atoms with Crippen LogP contribution in [-0.2, 0) is 6.54 Å². The third kappa shape index (κ3) is 3.67. The standard InChI is InChI=1S/C15H20N2OS2/c18-12-4-1-3-11(7-12)8-16-9-13-10-17-15(20-13)14-5-2-6-19-14/h2,5-6,10-12,16,18H,1,3-4,7-9H2. The number of hydrogen-bond donors (Lipinski definition) is 2. The lowest BCUT2D eigenvalue weighted by Gasteiger charge is -2.25. The first-order valence-electron chi connectivity index (χ1n) is 7.18. The number of hydrogen-bond acceptors (Lipinski definition) is 5. The number of aromatic nitrogens is 1. The summed E-state index contributed by atoms with van der Waals surface area (Å²) >= 11 is 3.50. The van der Waals surface area contributed by atoms with Gasteiger partial charge in [-0.05, 0) is 43.2 Å². The number of nitrogens with zero attached hydrogens (tertiary/aromatic N) is 1. The minimum absolute atomic E-state index is 0.0793. The fraction of sp³-hybridized carbons (Fsp3) is 0.533. The highest BCUT2D eigenvalue weighted by Crippen LogP contribution is 2.29. The third-order valence-corrected chi connectivity index (χ3v) is 5.81. The molecule has 0 radical (unpaired) electrons. The Labute approximate surface area is 127 Å². The van der Waals surface area contributed by atoms with Crippen LogP contribution in [0.3, 0.4) is 0 Å². The second-order valence-electron chi connectivity index (χ2n) is 5.43. The van der Waals surface area contributed by atoms with Crippen molar-refractivity contribution in [2.24, 2.45) is 5.92 Å². The Morgan fingerprint density at radius 2 is 2.35 bits per heavy atom. The molecular weight excluding hydrogens is 288 g/mol. The minimum atomic E-state index is -0.0793. The molecule has 0 saturated heterocycles. The minimum Gasteiger partial charge on any atom is -0.393 e. The normalized spacial score (nSPS) is 23.1. The van der Waals surface area contributed by atoms with E-state index < -0.39 is 0 Å². The quantitative estimate of drug-likeness (QED) is 0.888. The fourth-order valence-corrected chi connectivity index (χ4v) is 4.44. The number of rotatable bonds is 5. The average molecular weight is 308 g/mol. The maximum atomic E-state index is 9.67. The number of thiazole rings is 1. The highest BCUT2D eigenvalue weighted by molar-refractivity contribution is 7.20. The van der Waals surface area contributed by atoms with Crippen LogP contribution in [0.1, 0.15) is 30.6 Å². The van der Waals surface area contributed by atoms with Gasteiger partial charge < -0.3 is 10.4 Å². The van der Waals surface area contributed by atoms with Gasteiger partial charge in [0.05, 0.1) is 11.0 Å². The number of thiophene rings is 1. The molecule has 0 bridgehead atoms. The van der Waals surface area contributed by atoms with Gasteiger partial charge in [-0.3, -0.25) is 0 Å². The fourth-order valence-electron chi connectivity index (χ4n) is 2.75. The first kappa shape index (κ1) is 14.2. The molecular formula is C15H20N2OS2. The van der Waals surface area contributed by atoms with E-state index >= 15 is 0 Å². The van der Waals surface area contributed by atoms with Crippen molar-refractivity contribution >= 4 is 22.7 Å². The van der Waals surface area contributed by atoms with Crippen LogP contribution in [0.15, 0.2) is 23.7 Å². The molecule has 2 heterocycles. The number of aliphatic hydroxyl groups excluding tert-OH is 1. The molecule has 0 amide bonds. The summed E-state index contributed by atoms with van der Waals surface area (Å²) in [6.45, 7) is 1.89. The van der Waals surface area contributed by atoms with Crippen molar-refractivity contribution in [3.05, 3.63) is 28.6 Å². The first-order chi connectivity index (χ1) is 9.81. The molecule has 1 fully saturated rings. The number of nitrogens with one attached hydrogen (secondary N) is 1. The lowest BCUT2D eigenvalue weighted by molar-refractivity contribution is 0.101. The second kappa shape index (κ2) is 6.80. The Hall–Kier alpha value is -0.750. The van der Waals surface area contributed by atoms with Crippen LogP contribution in [0.4, 0.5) is 0 Å². The smallest absolute Gasteiger partial charge is 0.133 e. The molecule has 0 spiro atoms. The summed E-state index contributed by atoms with van der Waals surface area (Å²) in [5, 5.41) is 16.4. The largest absolute Gasteiger partial charge is 0.393 e. The molecule has 108 valence electrons. The summed E-state index contributed by atoms with van der Waals surface area (Å²) < 4.78 is 0. The predicted molar refractivity (Wildman–Crippen MR) is 85.1 cm³/mol. The predicted octanol–water partition coefficient (Wildman–Crippen LogP) is 3.51. The summed E-state index contributed by atoms with van der Waals surface area (Å²) in [4.78, 5) is 7.01. The molecule has 3 rings (SSSR count). The van der Waals surface area contributed by atoms with Crippen molar-refractivity contribution in [1.29, 1.82) is 0 Å². The van der Waals surface area contributed by atoms with E-state index in [1.54, 1.807) is 22.7 Å². The Morgan fingerprint density at radius 3 is 3.15 bits per heavy atom. The van der Waals surface area contributed by atoms with E-state index in [1.807, 2.05) is 6.20 Å². The van der Waals surface area contributed by atoms with Crippen molar-refractivity contribution in [3.63, 3.8) is 0 Å². The molecule has 3 nitrogen and oxygen atoms in total. The van der Waals surface area contributed by atoms with Crippen LogP contribution in [0, 0.1) is 5.92 Å². The summed E-state index contributed by atoms with van der Waals surface area (Å²) in [6, 6.07) is 4.18. The van der Waals surface area contributed by atoms with Gasteiger partial charge >= 0.3 is 0 Å². The van der Waals surface area contributed by atoms with Gasteiger partial charge in [0.15, 0.2) is 0 Å². The van der Waals surface area contributed by atoms with Crippen molar-refractivity contribution in [1.82, 2.24) is 10.3 Å². The summed E-state index contributed by atoms with van der Waals surface area (Å²) in [7, 11) is 0. The monoisotopic (exact) mass is 308 g/mol.